The summed E-state index contributed by atoms with van der Waals surface area (Å²) in [6, 6.07) is 17.1. The molecule has 2 aromatic carbocycles. The molecule has 0 N–H and O–H groups in total. The van der Waals surface area contributed by atoms with Crippen LogP contribution in [0.5, 0.6) is 0 Å². The van der Waals surface area contributed by atoms with Gasteiger partial charge in [-0.25, -0.2) is 9.37 Å². The molecule has 23 heavy (non-hydrogen) atoms. The van der Waals surface area contributed by atoms with E-state index in [1.54, 1.807) is 0 Å². The number of piperidine rings is 1. The predicted molar refractivity (Wildman–Crippen MR) is 93.2 cm³/mol. The number of para-hydroxylation sites is 1. The Kier molecular flexibility index (Phi) is 3.70. The van der Waals surface area contributed by atoms with Crippen LogP contribution in [-0.2, 0) is 0 Å². The molecule has 116 valence electrons. The van der Waals surface area contributed by atoms with Gasteiger partial charge in [0, 0.05) is 24.0 Å². The van der Waals surface area contributed by atoms with Crippen molar-refractivity contribution in [3.05, 3.63) is 60.4 Å². The van der Waals surface area contributed by atoms with E-state index in [2.05, 4.69) is 17.0 Å². The number of hydrogen-bond donors (Lipinski definition) is 0. The van der Waals surface area contributed by atoms with Crippen LogP contribution in [0.25, 0.3) is 22.2 Å². The number of aromatic nitrogens is 1. The molecule has 0 aliphatic carbocycles. The van der Waals surface area contributed by atoms with Crippen LogP contribution in [0.4, 0.5) is 10.1 Å². The highest BCUT2D eigenvalue weighted by atomic mass is 19.1. The Morgan fingerprint density at radius 2 is 1.61 bits per heavy atom. The van der Waals surface area contributed by atoms with Crippen LogP contribution < -0.4 is 4.90 Å². The van der Waals surface area contributed by atoms with Gasteiger partial charge < -0.3 is 4.90 Å². The summed E-state index contributed by atoms with van der Waals surface area (Å²) in [6.07, 6.45) is 3.73. The first-order valence-corrected chi connectivity index (χ1v) is 8.22. The minimum Gasteiger partial charge on any atom is -0.370 e. The maximum absolute atomic E-state index is 13.3. The van der Waals surface area contributed by atoms with Crippen molar-refractivity contribution in [2.24, 2.45) is 0 Å². The fourth-order valence-electron chi connectivity index (χ4n) is 3.30. The maximum Gasteiger partial charge on any atom is 0.123 e. The van der Waals surface area contributed by atoms with Gasteiger partial charge in [0.1, 0.15) is 5.82 Å². The Morgan fingerprint density at radius 3 is 2.39 bits per heavy atom. The van der Waals surface area contributed by atoms with Crippen LogP contribution in [-0.4, -0.2) is 18.1 Å². The standard InChI is InChI=1S/C20H19FN2/c21-17-10-8-15(9-11-17)20-19(23-12-4-1-5-13-23)14-16-6-2-3-7-18(16)22-20/h2-3,6-11,14H,1,4-5,12-13H2. The van der Waals surface area contributed by atoms with E-state index in [4.69, 9.17) is 4.98 Å². The number of pyridine rings is 1. The van der Waals surface area contributed by atoms with Crippen molar-refractivity contribution in [3.63, 3.8) is 0 Å². The van der Waals surface area contributed by atoms with Crippen molar-refractivity contribution in [1.29, 1.82) is 0 Å². The topological polar surface area (TPSA) is 16.1 Å². The monoisotopic (exact) mass is 306 g/mol. The molecule has 2 nitrogen and oxygen atoms in total. The van der Waals surface area contributed by atoms with Gasteiger partial charge in [-0.15, -0.1) is 0 Å². The van der Waals surface area contributed by atoms with Gasteiger partial charge >= 0.3 is 0 Å². The number of hydrogen-bond acceptors (Lipinski definition) is 2. The SMILES string of the molecule is Fc1ccc(-c2nc3ccccc3cc2N2CCCCC2)cc1. The van der Waals surface area contributed by atoms with E-state index in [1.165, 1.54) is 31.4 Å². The highest BCUT2D eigenvalue weighted by molar-refractivity contribution is 5.89. The lowest BCUT2D eigenvalue weighted by Crippen LogP contribution is -2.30. The minimum atomic E-state index is -0.214. The number of anilines is 1. The summed E-state index contributed by atoms with van der Waals surface area (Å²) in [5, 5.41) is 1.15. The van der Waals surface area contributed by atoms with Gasteiger partial charge in [0.25, 0.3) is 0 Å². The van der Waals surface area contributed by atoms with Gasteiger partial charge in [0.05, 0.1) is 16.9 Å². The second kappa shape index (κ2) is 5.99. The molecule has 1 aromatic heterocycles. The number of halogens is 1. The highest BCUT2D eigenvalue weighted by Crippen LogP contribution is 2.33. The van der Waals surface area contributed by atoms with Gasteiger partial charge in [0.2, 0.25) is 0 Å². The van der Waals surface area contributed by atoms with E-state index in [9.17, 15) is 4.39 Å². The van der Waals surface area contributed by atoms with Crippen LogP contribution in [0.1, 0.15) is 19.3 Å². The first-order valence-electron chi connectivity index (χ1n) is 8.22. The quantitative estimate of drug-likeness (QED) is 0.660. The summed E-state index contributed by atoms with van der Waals surface area (Å²) in [6.45, 7) is 2.13. The number of nitrogens with zero attached hydrogens (tertiary/aromatic N) is 2. The molecule has 3 heteroatoms. The molecule has 4 rings (SSSR count). The molecule has 0 unspecified atom stereocenters. The lowest BCUT2D eigenvalue weighted by molar-refractivity contribution is 0.578. The Morgan fingerprint density at radius 1 is 0.870 bits per heavy atom. The Bertz CT molecular complexity index is 821. The lowest BCUT2D eigenvalue weighted by Gasteiger charge is -2.30. The molecule has 0 bridgehead atoms. The fraction of sp³-hybridized carbons (Fsp3) is 0.250. The van der Waals surface area contributed by atoms with Gasteiger partial charge in [-0.1, -0.05) is 18.2 Å². The van der Waals surface area contributed by atoms with Gasteiger partial charge in [0.15, 0.2) is 0 Å². The minimum absolute atomic E-state index is 0.214. The number of rotatable bonds is 2. The van der Waals surface area contributed by atoms with E-state index in [-0.39, 0.29) is 5.82 Å². The van der Waals surface area contributed by atoms with E-state index in [0.29, 0.717) is 0 Å². The molecule has 1 aliphatic heterocycles. The van der Waals surface area contributed by atoms with E-state index in [1.807, 2.05) is 30.3 Å². The lowest BCUT2D eigenvalue weighted by atomic mass is 10.0. The molecule has 3 aromatic rings. The normalized spacial score (nSPS) is 15.1. The average Bonchev–Trinajstić information content (AvgIpc) is 2.62. The highest BCUT2D eigenvalue weighted by Gasteiger charge is 2.17. The molecule has 0 atom stereocenters. The molecule has 0 amide bonds. The van der Waals surface area contributed by atoms with Crippen LogP contribution in [0, 0.1) is 5.82 Å². The molecule has 0 saturated carbocycles. The molecule has 1 saturated heterocycles. The van der Waals surface area contributed by atoms with Crippen LogP contribution in [0.15, 0.2) is 54.6 Å². The third-order valence-corrected chi connectivity index (χ3v) is 4.52. The van der Waals surface area contributed by atoms with E-state index >= 15 is 0 Å². The largest absolute Gasteiger partial charge is 0.370 e. The number of fused-ring (bicyclic) bond motifs is 1. The third-order valence-electron chi connectivity index (χ3n) is 4.52. The molecular weight excluding hydrogens is 287 g/mol. The summed E-state index contributed by atoms with van der Waals surface area (Å²) >= 11 is 0. The second-order valence-electron chi connectivity index (χ2n) is 6.10. The van der Waals surface area contributed by atoms with Gasteiger partial charge in [-0.05, 0) is 55.7 Å². The fourth-order valence-corrected chi connectivity index (χ4v) is 3.30. The van der Waals surface area contributed by atoms with Crippen molar-refractivity contribution >= 4 is 16.6 Å². The summed E-state index contributed by atoms with van der Waals surface area (Å²) in [5.74, 6) is -0.214. The smallest absolute Gasteiger partial charge is 0.123 e. The van der Waals surface area contributed by atoms with E-state index < -0.39 is 0 Å². The van der Waals surface area contributed by atoms with Crippen LogP contribution in [0.3, 0.4) is 0 Å². The zero-order chi connectivity index (χ0) is 15.6. The van der Waals surface area contributed by atoms with Crippen molar-refractivity contribution in [2.45, 2.75) is 19.3 Å². The van der Waals surface area contributed by atoms with Crippen molar-refractivity contribution in [2.75, 3.05) is 18.0 Å². The molecule has 0 spiro atoms. The summed E-state index contributed by atoms with van der Waals surface area (Å²) in [7, 11) is 0. The van der Waals surface area contributed by atoms with Gasteiger partial charge in [-0.2, -0.15) is 0 Å². The first-order chi connectivity index (χ1) is 11.3. The Hall–Kier alpha value is -2.42. The zero-order valence-corrected chi connectivity index (χ0v) is 13.0. The van der Waals surface area contributed by atoms with Crippen molar-refractivity contribution in [1.82, 2.24) is 4.98 Å². The molecule has 1 aliphatic rings. The van der Waals surface area contributed by atoms with Crippen LogP contribution in [0.2, 0.25) is 0 Å². The summed E-state index contributed by atoms with van der Waals surface area (Å²) < 4.78 is 13.3. The average molecular weight is 306 g/mol. The summed E-state index contributed by atoms with van der Waals surface area (Å²) in [5.41, 5.74) is 4.06. The third kappa shape index (κ3) is 2.79. The summed E-state index contributed by atoms with van der Waals surface area (Å²) in [4.78, 5) is 7.30. The van der Waals surface area contributed by atoms with Crippen molar-refractivity contribution < 1.29 is 4.39 Å². The predicted octanol–water partition coefficient (Wildman–Crippen LogP) is 5.03. The maximum atomic E-state index is 13.3. The number of benzene rings is 2. The zero-order valence-electron chi connectivity index (χ0n) is 13.0. The first kappa shape index (κ1) is 14.2. The Labute approximate surface area is 135 Å². The van der Waals surface area contributed by atoms with Crippen LogP contribution >= 0.6 is 0 Å². The second-order valence-corrected chi connectivity index (χ2v) is 6.10. The molecule has 1 fully saturated rings. The molecule has 2 heterocycles. The molecular formula is C20H19FN2. The Balaban J connectivity index is 1.89. The molecule has 0 radical (unpaired) electrons. The van der Waals surface area contributed by atoms with Gasteiger partial charge in [-0.3, -0.25) is 0 Å². The van der Waals surface area contributed by atoms with E-state index in [0.717, 1.165) is 40.9 Å². The van der Waals surface area contributed by atoms with Crippen molar-refractivity contribution in [3.8, 4) is 11.3 Å².